The van der Waals surface area contributed by atoms with Crippen molar-refractivity contribution in [2.24, 2.45) is 17.3 Å². The summed E-state index contributed by atoms with van der Waals surface area (Å²) < 4.78 is 5.06. The smallest absolute Gasteiger partial charge is 0.320 e. The van der Waals surface area contributed by atoms with E-state index < -0.39 is 0 Å². The summed E-state index contributed by atoms with van der Waals surface area (Å²) in [5.41, 5.74) is 1.57. The Bertz CT molecular complexity index is 277. The zero-order valence-corrected chi connectivity index (χ0v) is 10.6. The molecule has 1 aliphatic rings. The number of carbonyl (C=O) groups excluding carboxylic acids is 1. The molecule has 1 fully saturated rings. The van der Waals surface area contributed by atoms with Crippen molar-refractivity contribution in [1.82, 2.24) is 0 Å². The summed E-state index contributed by atoms with van der Waals surface area (Å²) >= 11 is 5.36. The van der Waals surface area contributed by atoms with Crippen LogP contribution in [0.4, 0.5) is 0 Å². The van der Waals surface area contributed by atoms with Crippen LogP contribution in [0.25, 0.3) is 0 Å². The van der Waals surface area contributed by atoms with Crippen molar-refractivity contribution in [3.63, 3.8) is 0 Å². The molecule has 1 saturated carbocycles. The van der Waals surface area contributed by atoms with Gasteiger partial charge in [-0.15, -0.1) is 11.6 Å². The molecule has 3 heteroatoms. The molecule has 0 heterocycles. The van der Waals surface area contributed by atoms with Crippen LogP contribution in [0.1, 0.15) is 27.7 Å². The summed E-state index contributed by atoms with van der Waals surface area (Å²) in [5, 5.41) is 0. The van der Waals surface area contributed by atoms with E-state index in [-0.39, 0.29) is 17.3 Å². The fourth-order valence-electron chi connectivity index (χ4n) is 2.02. The van der Waals surface area contributed by atoms with Crippen LogP contribution in [0.5, 0.6) is 0 Å². The fourth-order valence-corrected chi connectivity index (χ4v) is 2.09. The SMILES string of the molecule is CC(C)=CC1C(COC(=O)CCl)C1(C)C. The molecule has 15 heavy (non-hydrogen) atoms. The Balaban J connectivity index is 2.45. The Morgan fingerprint density at radius 1 is 1.47 bits per heavy atom. The molecule has 2 atom stereocenters. The minimum absolute atomic E-state index is 0.0551. The van der Waals surface area contributed by atoms with Crippen molar-refractivity contribution in [2.45, 2.75) is 27.7 Å². The molecule has 0 spiro atoms. The van der Waals surface area contributed by atoms with Gasteiger partial charge in [-0.2, -0.15) is 0 Å². The molecular formula is C12H19ClO2. The van der Waals surface area contributed by atoms with Gasteiger partial charge in [0.1, 0.15) is 5.88 Å². The third-order valence-corrected chi connectivity index (χ3v) is 3.40. The molecule has 0 radical (unpaired) electrons. The zero-order chi connectivity index (χ0) is 11.6. The minimum Gasteiger partial charge on any atom is -0.464 e. The van der Waals surface area contributed by atoms with Crippen LogP contribution in [0.2, 0.25) is 0 Å². The van der Waals surface area contributed by atoms with Crippen molar-refractivity contribution in [3.8, 4) is 0 Å². The molecule has 0 aromatic carbocycles. The van der Waals surface area contributed by atoms with Crippen molar-refractivity contribution >= 4 is 17.6 Å². The Kier molecular flexibility index (Phi) is 3.82. The molecule has 1 aliphatic carbocycles. The highest BCUT2D eigenvalue weighted by Gasteiger charge is 2.56. The number of hydrogen-bond acceptors (Lipinski definition) is 2. The van der Waals surface area contributed by atoms with E-state index in [2.05, 4.69) is 33.8 Å². The molecule has 0 N–H and O–H groups in total. The minimum atomic E-state index is -0.324. The molecule has 2 nitrogen and oxygen atoms in total. The molecule has 0 aliphatic heterocycles. The summed E-state index contributed by atoms with van der Waals surface area (Å²) in [7, 11) is 0. The maximum atomic E-state index is 10.9. The second kappa shape index (κ2) is 4.56. The van der Waals surface area contributed by atoms with Crippen LogP contribution in [0, 0.1) is 17.3 Å². The molecule has 0 aromatic rings. The van der Waals surface area contributed by atoms with E-state index >= 15 is 0 Å². The lowest BCUT2D eigenvalue weighted by Gasteiger charge is -2.03. The largest absolute Gasteiger partial charge is 0.464 e. The summed E-state index contributed by atoms with van der Waals surface area (Å²) in [4.78, 5) is 10.9. The molecule has 0 bridgehead atoms. The molecule has 1 rings (SSSR count). The molecule has 86 valence electrons. The monoisotopic (exact) mass is 230 g/mol. The Hall–Kier alpha value is -0.500. The van der Waals surface area contributed by atoms with E-state index in [1.165, 1.54) is 5.57 Å². The normalized spacial score (nSPS) is 27.0. The van der Waals surface area contributed by atoms with Crippen molar-refractivity contribution < 1.29 is 9.53 Å². The second-order valence-corrected chi connectivity index (χ2v) is 5.28. The average Bonchev–Trinajstić information content (AvgIpc) is 2.63. The van der Waals surface area contributed by atoms with Gasteiger partial charge in [-0.25, -0.2) is 0 Å². The molecule has 0 saturated heterocycles. The molecule has 0 amide bonds. The third kappa shape index (κ3) is 2.97. The predicted octanol–water partition coefficient (Wildman–Crippen LogP) is 3.01. The van der Waals surface area contributed by atoms with Crippen molar-refractivity contribution in [3.05, 3.63) is 11.6 Å². The number of alkyl halides is 1. The van der Waals surface area contributed by atoms with Crippen LogP contribution < -0.4 is 0 Å². The van der Waals surface area contributed by atoms with Crippen molar-refractivity contribution in [1.29, 1.82) is 0 Å². The zero-order valence-electron chi connectivity index (χ0n) is 9.84. The van der Waals surface area contributed by atoms with Gasteiger partial charge < -0.3 is 4.74 Å². The number of esters is 1. The maximum absolute atomic E-state index is 10.9. The topological polar surface area (TPSA) is 26.3 Å². The maximum Gasteiger partial charge on any atom is 0.320 e. The number of halogens is 1. The van der Waals surface area contributed by atoms with Crippen LogP contribution in [0.3, 0.4) is 0 Å². The summed E-state index contributed by atoms with van der Waals surface area (Å²) in [5.74, 6) is 0.598. The van der Waals surface area contributed by atoms with Crippen molar-refractivity contribution in [2.75, 3.05) is 12.5 Å². The molecular weight excluding hydrogens is 212 g/mol. The first-order valence-electron chi connectivity index (χ1n) is 5.26. The summed E-state index contributed by atoms with van der Waals surface area (Å²) in [6, 6.07) is 0. The molecule has 2 unspecified atom stereocenters. The number of ether oxygens (including phenoxy) is 1. The Morgan fingerprint density at radius 3 is 2.53 bits per heavy atom. The van der Waals surface area contributed by atoms with E-state index in [1.54, 1.807) is 0 Å². The van der Waals surface area contributed by atoms with Crippen LogP contribution >= 0.6 is 11.6 Å². The van der Waals surface area contributed by atoms with E-state index in [1.807, 2.05) is 0 Å². The number of allylic oxidation sites excluding steroid dienone is 2. The van der Waals surface area contributed by atoms with E-state index in [0.29, 0.717) is 18.4 Å². The Morgan fingerprint density at radius 2 is 2.07 bits per heavy atom. The van der Waals surface area contributed by atoms with Crippen LogP contribution in [-0.4, -0.2) is 18.5 Å². The number of hydrogen-bond donors (Lipinski definition) is 0. The average molecular weight is 231 g/mol. The first-order chi connectivity index (χ1) is 6.89. The standard InChI is InChI=1S/C12H19ClO2/c1-8(2)5-9-10(12(9,3)4)7-15-11(14)6-13/h5,9-10H,6-7H2,1-4H3. The lowest BCUT2D eigenvalue weighted by Crippen LogP contribution is -2.10. The van der Waals surface area contributed by atoms with E-state index in [4.69, 9.17) is 16.3 Å². The fraction of sp³-hybridized carbons (Fsp3) is 0.750. The third-order valence-electron chi connectivity index (χ3n) is 3.19. The lowest BCUT2D eigenvalue weighted by atomic mass is 10.1. The van der Waals surface area contributed by atoms with Gasteiger partial charge in [0.25, 0.3) is 0 Å². The number of rotatable bonds is 4. The molecule has 0 aromatic heterocycles. The van der Waals surface area contributed by atoms with Gasteiger partial charge in [-0.1, -0.05) is 25.5 Å². The summed E-state index contributed by atoms with van der Waals surface area (Å²) in [6.07, 6.45) is 2.26. The van der Waals surface area contributed by atoms with Gasteiger partial charge in [0.2, 0.25) is 0 Å². The van der Waals surface area contributed by atoms with E-state index in [0.717, 1.165) is 0 Å². The lowest BCUT2D eigenvalue weighted by molar-refractivity contribution is -0.141. The first kappa shape index (κ1) is 12.6. The van der Waals surface area contributed by atoms with Gasteiger partial charge >= 0.3 is 5.97 Å². The van der Waals surface area contributed by atoms with Gasteiger partial charge in [0.15, 0.2) is 0 Å². The van der Waals surface area contributed by atoms with Crippen LogP contribution in [0.15, 0.2) is 11.6 Å². The van der Waals surface area contributed by atoms with Gasteiger partial charge in [0.05, 0.1) is 6.61 Å². The van der Waals surface area contributed by atoms with Gasteiger partial charge in [0, 0.05) is 5.92 Å². The van der Waals surface area contributed by atoms with E-state index in [9.17, 15) is 4.79 Å². The predicted molar refractivity (Wildman–Crippen MR) is 61.9 cm³/mol. The van der Waals surface area contributed by atoms with Gasteiger partial charge in [-0.3, -0.25) is 4.79 Å². The van der Waals surface area contributed by atoms with Crippen LogP contribution in [-0.2, 0) is 9.53 Å². The number of carbonyl (C=O) groups is 1. The quantitative estimate of drug-likeness (QED) is 0.422. The summed E-state index contributed by atoms with van der Waals surface area (Å²) in [6.45, 7) is 9.09. The highest BCUT2D eigenvalue weighted by Crippen LogP contribution is 2.59. The Labute approximate surface area is 96.6 Å². The highest BCUT2D eigenvalue weighted by atomic mass is 35.5. The highest BCUT2D eigenvalue weighted by molar-refractivity contribution is 6.26. The first-order valence-corrected chi connectivity index (χ1v) is 5.79. The van der Waals surface area contributed by atoms with Gasteiger partial charge in [-0.05, 0) is 25.2 Å². The second-order valence-electron chi connectivity index (χ2n) is 5.01.